The predicted octanol–water partition coefficient (Wildman–Crippen LogP) is 2.50. The highest BCUT2D eigenvalue weighted by Gasteiger charge is 2.25. The van der Waals surface area contributed by atoms with E-state index in [0.717, 1.165) is 6.42 Å². The first kappa shape index (κ1) is 16.8. The summed E-state index contributed by atoms with van der Waals surface area (Å²) >= 11 is 0. The van der Waals surface area contributed by atoms with Crippen LogP contribution in [0.25, 0.3) is 0 Å². The lowest BCUT2D eigenvalue weighted by atomic mass is 9.97. The zero-order valence-corrected chi connectivity index (χ0v) is 14.7. The second-order valence-corrected chi connectivity index (χ2v) is 8.66. The second kappa shape index (κ2) is 6.08. The molecule has 0 atom stereocenters. The van der Waals surface area contributed by atoms with Crippen LogP contribution in [0.5, 0.6) is 11.5 Å². The first-order valence-corrected chi connectivity index (χ1v) is 9.36. The number of aromatic nitrogens is 2. The number of benzene rings is 1. The standard InChI is InChI=1S/C16H20N2O5S/c1-16(2,3)15-18-17-14(23-15)10-24(19,20)11-5-6-12-13(9-11)22-8-4-7-21-12/h5-6,9H,4,7-8,10H2,1-3H3. The average Bonchev–Trinajstić information content (AvgIpc) is 2.83. The van der Waals surface area contributed by atoms with Gasteiger partial charge in [-0.15, -0.1) is 10.2 Å². The van der Waals surface area contributed by atoms with Crippen molar-refractivity contribution in [3.8, 4) is 11.5 Å². The molecule has 7 nitrogen and oxygen atoms in total. The largest absolute Gasteiger partial charge is 0.490 e. The van der Waals surface area contributed by atoms with Crippen LogP contribution in [-0.2, 0) is 21.0 Å². The summed E-state index contributed by atoms with van der Waals surface area (Å²) in [5.74, 6) is 1.13. The van der Waals surface area contributed by atoms with E-state index in [2.05, 4.69) is 10.2 Å². The fourth-order valence-electron chi connectivity index (χ4n) is 2.20. The molecule has 1 aromatic carbocycles. The summed E-state index contributed by atoms with van der Waals surface area (Å²) in [5, 5.41) is 7.77. The van der Waals surface area contributed by atoms with Gasteiger partial charge in [0.15, 0.2) is 21.3 Å². The second-order valence-electron chi connectivity index (χ2n) is 6.67. The number of sulfone groups is 1. The minimum Gasteiger partial charge on any atom is -0.490 e. The van der Waals surface area contributed by atoms with Gasteiger partial charge in [-0.05, 0) is 12.1 Å². The molecular formula is C16H20N2O5S. The quantitative estimate of drug-likeness (QED) is 0.838. The van der Waals surface area contributed by atoms with Crippen LogP contribution in [0.4, 0.5) is 0 Å². The molecule has 0 saturated heterocycles. The molecule has 2 heterocycles. The molecule has 0 amide bonds. The van der Waals surface area contributed by atoms with Crippen molar-refractivity contribution in [2.45, 2.75) is 43.3 Å². The number of hydrogen-bond acceptors (Lipinski definition) is 7. The normalized spacial score (nSPS) is 15.1. The Bertz CT molecular complexity index is 836. The number of fused-ring (bicyclic) bond motifs is 1. The zero-order valence-electron chi connectivity index (χ0n) is 13.9. The van der Waals surface area contributed by atoms with Gasteiger partial charge in [0, 0.05) is 17.9 Å². The highest BCUT2D eigenvalue weighted by atomic mass is 32.2. The van der Waals surface area contributed by atoms with Gasteiger partial charge < -0.3 is 13.9 Å². The third-order valence-electron chi connectivity index (χ3n) is 3.50. The molecule has 1 aliphatic rings. The van der Waals surface area contributed by atoms with Crippen LogP contribution in [-0.4, -0.2) is 31.8 Å². The van der Waals surface area contributed by atoms with Crippen molar-refractivity contribution in [2.24, 2.45) is 0 Å². The SMILES string of the molecule is CC(C)(C)c1nnc(CS(=O)(=O)c2ccc3c(c2)OCCCO3)o1. The Morgan fingerprint density at radius 1 is 1.08 bits per heavy atom. The Balaban J connectivity index is 1.85. The smallest absolute Gasteiger partial charge is 0.231 e. The van der Waals surface area contributed by atoms with E-state index in [9.17, 15) is 8.42 Å². The Kier molecular flexibility index (Phi) is 4.25. The van der Waals surface area contributed by atoms with Gasteiger partial charge in [-0.1, -0.05) is 20.8 Å². The molecule has 0 unspecified atom stereocenters. The van der Waals surface area contributed by atoms with Gasteiger partial charge in [0.05, 0.1) is 18.1 Å². The molecule has 2 aromatic rings. The molecule has 1 aromatic heterocycles. The summed E-state index contributed by atoms with van der Waals surface area (Å²) in [7, 11) is -3.62. The molecule has 8 heteroatoms. The van der Waals surface area contributed by atoms with E-state index in [1.165, 1.54) is 12.1 Å². The van der Waals surface area contributed by atoms with Gasteiger partial charge in [-0.2, -0.15) is 0 Å². The average molecular weight is 352 g/mol. The van der Waals surface area contributed by atoms with Gasteiger partial charge in [-0.3, -0.25) is 0 Å². The predicted molar refractivity (Wildman–Crippen MR) is 85.9 cm³/mol. The van der Waals surface area contributed by atoms with Crippen LogP contribution in [0.2, 0.25) is 0 Å². The van der Waals surface area contributed by atoms with Crippen LogP contribution in [0.3, 0.4) is 0 Å². The van der Waals surface area contributed by atoms with Crippen LogP contribution in [0.1, 0.15) is 39.0 Å². The molecule has 0 bridgehead atoms. The summed E-state index contributed by atoms with van der Waals surface area (Å²) in [6.07, 6.45) is 0.758. The van der Waals surface area contributed by atoms with E-state index in [1.54, 1.807) is 6.07 Å². The topological polar surface area (TPSA) is 91.5 Å². The van der Waals surface area contributed by atoms with Crippen molar-refractivity contribution in [3.63, 3.8) is 0 Å². The number of hydrogen-bond donors (Lipinski definition) is 0. The van der Waals surface area contributed by atoms with Crippen LogP contribution in [0.15, 0.2) is 27.5 Å². The van der Waals surface area contributed by atoms with Gasteiger partial charge in [-0.25, -0.2) is 8.42 Å². The third-order valence-corrected chi connectivity index (χ3v) is 5.10. The summed E-state index contributed by atoms with van der Waals surface area (Å²) in [4.78, 5) is 0.141. The minimum atomic E-state index is -3.62. The Morgan fingerprint density at radius 2 is 1.79 bits per heavy atom. The van der Waals surface area contributed by atoms with E-state index in [0.29, 0.717) is 30.6 Å². The number of nitrogens with zero attached hydrogens (tertiary/aromatic N) is 2. The minimum absolute atomic E-state index is 0.0760. The van der Waals surface area contributed by atoms with E-state index in [4.69, 9.17) is 13.9 Å². The van der Waals surface area contributed by atoms with E-state index < -0.39 is 9.84 Å². The number of rotatable bonds is 3. The molecular weight excluding hydrogens is 332 g/mol. The van der Waals surface area contributed by atoms with Crippen LogP contribution in [0, 0.1) is 0 Å². The van der Waals surface area contributed by atoms with Crippen molar-refractivity contribution in [1.29, 1.82) is 0 Å². The highest BCUT2D eigenvalue weighted by molar-refractivity contribution is 7.90. The molecule has 0 fully saturated rings. The molecule has 24 heavy (non-hydrogen) atoms. The lowest BCUT2D eigenvalue weighted by Gasteiger charge is -2.11. The molecule has 0 radical (unpaired) electrons. The van der Waals surface area contributed by atoms with Gasteiger partial charge in [0.25, 0.3) is 0 Å². The van der Waals surface area contributed by atoms with Gasteiger partial charge in [0.2, 0.25) is 11.8 Å². The molecule has 0 N–H and O–H groups in total. The van der Waals surface area contributed by atoms with Crippen molar-refractivity contribution < 1.29 is 22.3 Å². The van der Waals surface area contributed by atoms with E-state index >= 15 is 0 Å². The van der Waals surface area contributed by atoms with Crippen LogP contribution >= 0.6 is 0 Å². The molecule has 0 aliphatic carbocycles. The van der Waals surface area contributed by atoms with Gasteiger partial charge >= 0.3 is 0 Å². The van der Waals surface area contributed by atoms with E-state index in [1.807, 2.05) is 20.8 Å². The summed E-state index contributed by atoms with van der Waals surface area (Å²) in [6.45, 7) is 6.81. The Hall–Kier alpha value is -2.09. The van der Waals surface area contributed by atoms with Crippen molar-refractivity contribution in [3.05, 3.63) is 30.0 Å². The maximum Gasteiger partial charge on any atom is 0.231 e. The van der Waals surface area contributed by atoms with Crippen molar-refractivity contribution >= 4 is 9.84 Å². The first-order chi connectivity index (χ1) is 11.3. The third kappa shape index (κ3) is 3.53. The molecule has 130 valence electrons. The number of ether oxygens (including phenoxy) is 2. The molecule has 0 spiro atoms. The highest BCUT2D eigenvalue weighted by Crippen LogP contribution is 2.33. The zero-order chi connectivity index (χ0) is 17.4. The van der Waals surface area contributed by atoms with Crippen molar-refractivity contribution in [2.75, 3.05) is 13.2 Å². The molecule has 3 rings (SSSR count). The van der Waals surface area contributed by atoms with E-state index in [-0.39, 0.29) is 22.0 Å². The summed E-state index contributed by atoms with van der Waals surface area (Å²) in [5.41, 5.74) is -0.329. The lowest BCUT2D eigenvalue weighted by Crippen LogP contribution is -2.11. The monoisotopic (exact) mass is 352 g/mol. The maximum absolute atomic E-state index is 12.6. The van der Waals surface area contributed by atoms with Gasteiger partial charge in [0.1, 0.15) is 5.75 Å². The molecule has 0 saturated carbocycles. The fourth-order valence-corrected chi connectivity index (χ4v) is 3.37. The summed E-state index contributed by atoms with van der Waals surface area (Å²) < 4.78 is 41.8. The Morgan fingerprint density at radius 3 is 2.46 bits per heavy atom. The summed E-state index contributed by atoms with van der Waals surface area (Å²) in [6, 6.07) is 4.60. The van der Waals surface area contributed by atoms with Crippen LogP contribution < -0.4 is 9.47 Å². The fraction of sp³-hybridized carbons (Fsp3) is 0.500. The maximum atomic E-state index is 12.6. The first-order valence-electron chi connectivity index (χ1n) is 7.71. The Labute approximate surface area is 140 Å². The van der Waals surface area contributed by atoms with Crippen molar-refractivity contribution in [1.82, 2.24) is 10.2 Å². The molecule has 1 aliphatic heterocycles. The lowest BCUT2D eigenvalue weighted by molar-refractivity contribution is 0.297.